The van der Waals surface area contributed by atoms with Crippen LogP contribution in [0.15, 0.2) is 70.7 Å². The molecule has 6 aromatic rings. The molecule has 4 aliphatic rings. The summed E-state index contributed by atoms with van der Waals surface area (Å²) in [6.45, 7) is 19.0. The van der Waals surface area contributed by atoms with Crippen LogP contribution >= 0.6 is 11.3 Å². The van der Waals surface area contributed by atoms with Gasteiger partial charge in [0.2, 0.25) is 11.8 Å². The van der Waals surface area contributed by atoms with Crippen LogP contribution in [0.5, 0.6) is 5.75 Å². The Morgan fingerprint density at radius 3 is 2.29 bits per heavy atom. The molecule has 0 spiro atoms. The van der Waals surface area contributed by atoms with Crippen molar-refractivity contribution in [1.29, 1.82) is 0 Å². The number of aliphatic hydroxyl groups is 1. The lowest BCUT2D eigenvalue weighted by molar-refractivity contribution is -0.141. The van der Waals surface area contributed by atoms with E-state index < -0.39 is 18.1 Å². The number of nitrogens with zero attached hydrogens (tertiary/aromatic N) is 11. The number of aromatic nitrogens is 6. The zero-order valence-electron chi connectivity index (χ0n) is 41.9. The number of piperidine rings is 2. The van der Waals surface area contributed by atoms with E-state index in [4.69, 9.17) is 15.4 Å². The van der Waals surface area contributed by atoms with Gasteiger partial charge in [-0.3, -0.25) is 19.2 Å². The second kappa shape index (κ2) is 21.6. The van der Waals surface area contributed by atoms with E-state index in [1.165, 1.54) is 17.7 Å². The van der Waals surface area contributed by atoms with Gasteiger partial charge in [-0.15, -0.1) is 21.5 Å². The number of thiazole rings is 1. The molecule has 0 bridgehead atoms. The Labute approximate surface area is 425 Å². The number of phenols is 1. The first-order valence-electron chi connectivity index (χ1n) is 25.8. The molecule has 4 aliphatic heterocycles. The smallest absolute Gasteiger partial charge is 0.243 e. The molecule has 382 valence electrons. The van der Waals surface area contributed by atoms with Gasteiger partial charge in [-0.05, 0) is 93.8 Å². The number of hydrogen-bond acceptors (Lipinski definition) is 16. The summed E-state index contributed by atoms with van der Waals surface area (Å²) in [6, 6.07) is 18.2. The Hall–Kier alpha value is -5.99. The van der Waals surface area contributed by atoms with Gasteiger partial charge in [-0.25, -0.2) is 4.98 Å². The monoisotopic (exact) mass is 1000 g/mol. The molecule has 0 saturated carbocycles. The van der Waals surface area contributed by atoms with Crippen LogP contribution in [-0.2, 0) is 9.59 Å². The predicted molar refractivity (Wildman–Crippen MR) is 278 cm³/mol. The number of β-amino-alcohol motifs (C(OH)–C–C–N with tert-alkyl or cyclic N) is 1. The van der Waals surface area contributed by atoms with E-state index in [1.54, 1.807) is 23.5 Å². The Morgan fingerprint density at radius 2 is 1.60 bits per heavy atom. The van der Waals surface area contributed by atoms with Crippen LogP contribution in [0, 0.1) is 18.8 Å². The van der Waals surface area contributed by atoms with Crippen molar-refractivity contribution in [2.75, 3.05) is 89.2 Å². The van der Waals surface area contributed by atoms with Crippen molar-refractivity contribution in [2.24, 2.45) is 11.8 Å². The van der Waals surface area contributed by atoms with Gasteiger partial charge in [0.25, 0.3) is 0 Å². The van der Waals surface area contributed by atoms with Crippen molar-refractivity contribution >= 4 is 45.8 Å². The number of phenolic OH excluding ortho intramolecular Hbond substituents is 1. The molecule has 19 heteroatoms. The van der Waals surface area contributed by atoms with E-state index in [1.807, 2.05) is 86.4 Å². The summed E-state index contributed by atoms with van der Waals surface area (Å²) in [4.78, 5) is 45.2. The molecule has 1 unspecified atom stereocenters. The number of fused-ring (bicyclic) bond motifs is 1. The minimum atomic E-state index is -0.799. The minimum Gasteiger partial charge on any atom is -0.507 e. The van der Waals surface area contributed by atoms with Crippen LogP contribution in [0.2, 0.25) is 0 Å². The van der Waals surface area contributed by atoms with Gasteiger partial charge in [0, 0.05) is 83.5 Å². The van der Waals surface area contributed by atoms with Gasteiger partial charge >= 0.3 is 0 Å². The van der Waals surface area contributed by atoms with Crippen molar-refractivity contribution in [3.63, 3.8) is 0 Å². The lowest BCUT2D eigenvalue weighted by atomic mass is 9.91. The SMILES string of the molecule is Cc1ncsc1-c1ccc([C@H](C)NC(=O)[C@@H]2C[C@@H](O)CN2C(=O)C(c2cc(N3CCN(CCN4CCC(CN5CCC(n6nc(N)c7nnc(-c8ccccc8O)cc76)CC5)CC4)CC3)no2)C(C)C)cc1. The number of nitrogen functional groups attached to an aromatic ring is 1. The zero-order valence-corrected chi connectivity index (χ0v) is 42.8. The van der Waals surface area contributed by atoms with Gasteiger partial charge in [0.15, 0.2) is 22.9 Å². The summed E-state index contributed by atoms with van der Waals surface area (Å²) >= 11 is 1.60. The summed E-state index contributed by atoms with van der Waals surface area (Å²) < 4.78 is 7.97. The van der Waals surface area contributed by atoms with Crippen LogP contribution in [0.1, 0.15) is 87.9 Å². The van der Waals surface area contributed by atoms with Gasteiger partial charge in [-0.2, -0.15) is 5.10 Å². The van der Waals surface area contributed by atoms with Crippen molar-refractivity contribution < 1.29 is 24.3 Å². The summed E-state index contributed by atoms with van der Waals surface area (Å²) in [5.74, 6) is 1.16. The largest absolute Gasteiger partial charge is 0.507 e. The minimum absolute atomic E-state index is 0.0869. The number of aromatic hydroxyl groups is 1. The molecule has 0 aliphatic carbocycles. The standard InChI is InChI=1S/C53H69N13O5S/c1-33(2)48(53(70)65-31-40(67)27-44(65)52(69)56-34(3)37-9-11-38(12-10-37)50-35(4)55-32-72-50)46-29-47(60-71-46)64-25-23-62(24-26-64)22-21-61-17-13-36(14-18-61)30-63-19-15-39(16-20-63)66-43-28-42(41-7-5-6-8-45(41)68)57-58-49(43)51(54)59-66/h5-12,28-29,32-34,36,39-40,44,48,67-68H,13-27,30-31H2,1-4H3,(H2,54,59)(H,56,69)/t34-,40+,44-,48?/m0/s1. The van der Waals surface area contributed by atoms with Crippen molar-refractivity contribution in [2.45, 2.75) is 89.9 Å². The van der Waals surface area contributed by atoms with E-state index >= 15 is 0 Å². The van der Waals surface area contributed by atoms with E-state index in [9.17, 15) is 19.8 Å². The molecule has 2 aromatic carbocycles. The normalized spacial score (nSPS) is 21.0. The highest BCUT2D eigenvalue weighted by Crippen LogP contribution is 2.36. The van der Waals surface area contributed by atoms with Crippen molar-refractivity contribution in [3.8, 4) is 27.4 Å². The molecule has 5 N–H and O–H groups in total. The van der Waals surface area contributed by atoms with E-state index in [2.05, 4.69) is 45.3 Å². The summed E-state index contributed by atoms with van der Waals surface area (Å²) in [5.41, 5.74) is 13.9. The zero-order chi connectivity index (χ0) is 50.0. The third-order valence-electron chi connectivity index (χ3n) is 15.6. The average Bonchev–Trinajstić information content (AvgIpc) is 4.21. The average molecular weight is 1000 g/mol. The molecule has 18 nitrogen and oxygen atoms in total. The first-order chi connectivity index (χ1) is 34.9. The molecule has 4 saturated heterocycles. The fraction of sp³-hybridized carbons (Fsp3) is 0.528. The number of carbonyl (C=O) groups is 2. The first-order valence-corrected chi connectivity index (χ1v) is 26.7. The molecule has 4 aromatic heterocycles. The number of nitrogens with one attached hydrogen (secondary N) is 1. The van der Waals surface area contributed by atoms with Crippen molar-refractivity contribution in [3.05, 3.63) is 83.2 Å². The number of amides is 2. The maximum atomic E-state index is 14.4. The molecule has 72 heavy (non-hydrogen) atoms. The third-order valence-corrected chi connectivity index (χ3v) is 16.6. The molecule has 4 atom stereocenters. The molecule has 0 radical (unpaired) electrons. The number of para-hydroxylation sites is 1. The molecular formula is C53H69N13O5S. The van der Waals surface area contributed by atoms with Crippen LogP contribution in [0.4, 0.5) is 11.6 Å². The molecule has 10 rings (SSSR count). The van der Waals surface area contributed by atoms with Gasteiger partial charge in [0.1, 0.15) is 17.7 Å². The summed E-state index contributed by atoms with van der Waals surface area (Å²) in [5, 5.41) is 42.2. The Bertz CT molecular complexity index is 2810. The van der Waals surface area contributed by atoms with E-state index in [0.717, 1.165) is 118 Å². The van der Waals surface area contributed by atoms with Crippen LogP contribution in [0.3, 0.4) is 0 Å². The van der Waals surface area contributed by atoms with Crippen LogP contribution in [-0.4, -0.2) is 162 Å². The van der Waals surface area contributed by atoms with E-state index in [-0.39, 0.29) is 48.5 Å². The van der Waals surface area contributed by atoms with Crippen LogP contribution in [0.25, 0.3) is 32.7 Å². The number of piperazine rings is 1. The summed E-state index contributed by atoms with van der Waals surface area (Å²) in [6.07, 6.45) is 3.79. The number of nitrogens with two attached hydrogens (primary N) is 1. The maximum absolute atomic E-state index is 14.4. The maximum Gasteiger partial charge on any atom is 0.243 e. The second-order valence-corrected chi connectivity index (χ2v) is 21.6. The Morgan fingerprint density at radius 1 is 0.889 bits per heavy atom. The van der Waals surface area contributed by atoms with E-state index in [0.29, 0.717) is 34.3 Å². The van der Waals surface area contributed by atoms with Gasteiger partial charge in [0.05, 0.1) is 45.5 Å². The lowest BCUT2D eigenvalue weighted by Crippen LogP contribution is -2.49. The van der Waals surface area contributed by atoms with Gasteiger partial charge in [-0.1, -0.05) is 55.4 Å². The highest BCUT2D eigenvalue weighted by Gasteiger charge is 2.44. The number of aliphatic hydroxyl groups excluding tert-OH is 1. The second-order valence-electron chi connectivity index (χ2n) is 20.8. The van der Waals surface area contributed by atoms with Gasteiger partial charge < -0.3 is 45.4 Å². The molecular weight excluding hydrogens is 931 g/mol. The number of carbonyl (C=O) groups excluding carboxylic acids is 2. The Balaban J connectivity index is 0.654. The number of aryl methyl sites for hydroxylation is 1. The quantitative estimate of drug-likeness (QED) is 0.0937. The highest BCUT2D eigenvalue weighted by atomic mass is 32.1. The predicted octanol–water partition coefficient (Wildman–Crippen LogP) is 5.95. The fourth-order valence-electron chi connectivity index (χ4n) is 11.3. The third kappa shape index (κ3) is 10.7. The van der Waals surface area contributed by atoms with Crippen LogP contribution < -0.4 is 16.0 Å². The number of benzene rings is 2. The summed E-state index contributed by atoms with van der Waals surface area (Å²) in [7, 11) is 0. The van der Waals surface area contributed by atoms with Crippen molar-refractivity contribution in [1.82, 2.24) is 55.0 Å². The fourth-order valence-corrected chi connectivity index (χ4v) is 12.1. The molecule has 8 heterocycles. The number of hydrogen-bond donors (Lipinski definition) is 4. The topological polar surface area (TPSA) is 211 Å². The molecule has 4 fully saturated rings. The number of rotatable bonds is 15. The highest BCUT2D eigenvalue weighted by molar-refractivity contribution is 7.13. The first kappa shape index (κ1) is 49.6. The Kier molecular flexibility index (Phi) is 14.9. The number of likely N-dealkylation sites (tertiary alicyclic amines) is 3. The lowest BCUT2D eigenvalue weighted by Gasteiger charge is -2.39. The number of anilines is 2. The molecule has 2 amide bonds.